The summed E-state index contributed by atoms with van der Waals surface area (Å²) in [5, 5.41) is 4.67. The maximum absolute atomic E-state index is 13.1. The number of carbonyl (C=O) groups excluding carboxylic acids is 2. The lowest BCUT2D eigenvalue weighted by Gasteiger charge is -2.34. The van der Waals surface area contributed by atoms with E-state index in [0.29, 0.717) is 28.8 Å². The zero-order valence-electron chi connectivity index (χ0n) is 17.2. The number of likely N-dealkylation sites (N-methyl/N-ethyl adjacent to an activating group) is 1. The summed E-state index contributed by atoms with van der Waals surface area (Å²) in [5.41, 5.74) is 1.31. The van der Waals surface area contributed by atoms with Gasteiger partial charge in [-0.25, -0.2) is 0 Å². The molecule has 0 N–H and O–H groups in total. The first-order chi connectivity index (χ1) is 15.0. The molecule has 7 nitrogen and oxygen atoms in total. The molecule has 4 rings (SSSR count). The second kappa shape index (κ2) is 9.31. The lowest BCUT2D eigenvalue weighted by molar-refractivity contribution is -0.136. The van der Waals surface area contributed by atoms with Crippen LogP contribution in [0.5, 0.6) is 0 Å². The van der Waals surface area contributed by atoms with Gasteiger partial charge in [-0.3, -0.25) is 9.59 Å². The fraction of sp³-hybridized carbons (Fsp3) is 0.304. The average Bonchev–Trinajstić information content (AvgIpc) is 3.29. The van der Waals surface area contributed by atoms with Crippen molar-refractivity contribution < 1.29 is 14.1 Å². The van der Waals surface area contributed by atoms with E-state index in [1.165, 1.54) is 4.90 Å². The number of rotatable bonds is 5. The molecule has 0 spiro atoms. The predicted octanol–water partition coefficient (Wildman–Crippen LogP) is 4.22. The van der Waals surface area contributed by atoms with Crippen LogP contribution in [0.1, 0.15) is 41.6 Å². The van der Waals surface area contributed by atoms with E-state index in [0.717, 1.165) is 24.8 Å². The number of carbonyl (C=O) groups is 2. The third kappa shape index (κ3) is 4.77. The third-order valence-electron chi connectivity index (χ3n) is 5.37. The Hall–Kier alpha value is -3.19. The maximum atomic E-state index is 13.1. The summed E-state index contributed by atoms with van der Waals surface area (Å²) in [6, 6.07) is 15.9. The van der Waals surface area contributed by atoms with Crippen LogP contribution in [0.3, 0.4) is 0 Å². The molecule has 1 atom stereocenters. The molecule has 1 aliphatic rings. The number of piperidine rings is 1. The number of hydrogen-bond donors (Lipinski definition) is 0. The summed E-state index contributed by atoms with van der Waals surface area (Å²) in [4.78, 5) is 33.4. The highest BCUT2D eigenvalue weighted by Crippen LogP contribution is 2.31. The molecule has 0 aliphatic carbocycles. The van der Waals surface area contributed by atoms with Gasteiger partial charge >= 0.3 is 0 Å². The Morgan fingerprint density at radius 3 is 2.74 bits per heavy atom. The summed E-state index contributed by atoms with van der Waals surface area (Å²) in [6.45, 7) is 0.575. The summed E-state index contributed by atoms with van der Waals surface area (Å²) in [5.74, 6) is 0.509. The predicted molar refractivity (Wildman–Crippen MR) is 116 cm³/mol. The monoisotopic (exact) mass is 438 g/mol. The molecule has 0 saturated carbocycles. The molecule has 0 bridgehead atoms. The molecule has 1 unspecified atom stereocenters. The van der Waals surface area contributed by atoms with Crippen molar-refractivity contribution in [3.63, 3.8) is 0 Å². The van der Waals surface area contributed by atoms with E-state index in [1.54, 1.807) is 48.3 Å². The van der Waals surface area contributed by atoms with Crippen molar-refractivity contribution in [2.45, 2.75) is 25.3 Å². The molecule has 1 saturated heterocycles. The van der Waals surface area contributed by atoms with Crippen LogP contribution in [0.25, 0.3) is 11.4 Å². The molecule has 2 heterocycles. The van der Waals surface area contributed by atoms with Crippen LogP contribution in [0, 0.1) is 0 Å². The van der Waals surface area contributed by atoms with Crippen LogP contribution in [0.4, 0.5) is 0 Å². The van der Waals surface area contributed by atoms with Gasteiger partial charge in [0.15, 0.2) is 0 Å². The molecule has 2 aromatic carbocycles. The fourth-order valence-electron chi connectivity index (χ4n) is 3.77. The van der Waals surface area contributed by atoms with Crippen molar-refractivity contribution >= 4 is 23.4 Å². The lowest BCUT2D eigenvalue weighted by atomic mass is 10.0. The number of likely N-dealkylation sites (tertiary alicyclic amines) is 1. The lowest BCUT2D eigenvalue weighted by Crippen LogP contribution is -2.44. The van der Waals surface area contributed by atoms with Crippen LogP contribution in [-0.2, 0) is 4.79 Å². The molecule has 1 fully saturated rings. The summed E-state index contributed by atoms with van der Waals surface area (Å²) in [7, 11) is 1.64. The second-order valence-corrected chi connectivity index (χ2v) is 8.03. The molecule has 1 aliphatic heterocycles. The molecular weight excluding hydrogens is 416 g/mol. The normalized spacial score (nSPS) is 16.2. The van der Waals surface area contributed by atoms with E-state index in [1.807, 2.05) is 18.2 Å². The van der Waals surface area contributed by atoms with Gasteiger partial charge in [0.25, 0.3) is 5.91 Å². The van der Waals surface area contributed by atoms with Gasteiger partial charge in [0.1, 0.15) is 6.04 Å². The van der Waals surface area contributed by atoms with Crippen LogP contribution in [-0.4, -0.2) is 51.9 Å². The van der Waals surface area contributed by atoms with Gasteiger partial charge < -0.3 is 14.3 Å². The Bertz CT molecular complexity index is 1070. The van der Waals surface area contributed by atoms with Crippen molar-refractivity contribution in [3.05, 3.63) is 71.1 Å². The van der Waals surface area contributed by atoms with Gasteiger partial charge in [0, 0.05) is 29.7 Å². The van der Waals surface area contributed by atoms with Crippen LogP contribution < -0.4 is 0 Å². The smallest absolute Gasteiger partial charge is 0.254 e. The number of halogens is 1. The molecule has 1 aromatic heterocycles. The second-order valence-electron chi connectivity index (χ2n) is 7.59. The molecular formula is C23H23ClN4O3. The molecule has 2 amide bonds. The first kappa shape index (κ1) is 21.1. The van der Waals surface area contributed by atoms with Crippen molar-refractivity contribution in [1.29, 1.82) is 0 Å². The molecule has 8 heteroatoms. The summed E-state index contributed by atoms with van der Waals surface area (Å²) >= 11 is 6.06. The van der Waals surface area contributed by atoms with Gasteiger partial charge in [-0.2, -0.15) is 4.98 Å². The highest BCUT2D eigenvalue weighted by atomic mass is 35.5. The van der Waals surface area contributed by atoms with Gasteiger partial charge in [0.05, 0.1) is 6.54 Å². The number of aromatic nitrogens is 2. The molecule has 3 aromatic rings. The minimum absolute atomic E-state index is 0.0144. The van der Waals surface area contributed by atoms with Crippen LogP contribution in [0.2, 0.25) is 5.02 Å². The quantitative estimate of drug-likeness (QED) is 0.596. The molecule has 31 heavy (non-hydrogen) atoms. The number of hydrogen-bond acceptors (Lipinski definition) is 5. The molecule has 0 radical (unpaired) electrons. The van der Waals surface area contributed by atoms with Crippen molar-refractivity contribution in [2.75, 3.05) is 20.1 Å². The largest absolute Gasteiger partial charge is 0.337 e. The standard InChI is InChI=1S/C23H23ClN4O3/c1-27(23(30)16-8-3-2-4-9-16)15-20(29)28-13-6-5-12-19(28)22-25-21(26-31-22)17-10-7-11-18(24)14-17/h2-4,7-11,14,19H,5-6,12-13,15H2,1H3. The van der Waals surface area contributed by atoms with Gasteiger partial charge in [-0.05, 0) is 43.5 Å². The third-order valence-corrected chi connectivity index (χ3v) is 5.61. The van der Waals surface area contributed by atoms with E-state index in [-0.39, 0.29) is 24.4 Å². The number of amides is 2. The number of nitrogens with zero attached hydrogens (tertiary/aromatic N) is 4. The van der Waals surface area contributed by atoms with E-state index in [2.05, 4.69) is 10.1 Å². The Kier molecular flexibility index (Phi) is 6.32. The van der Waals surface area contributed by atoms with Crippen LogP contribution >= 0.6 is 11.6 Å². The van der Waals surface area contributed by atoms with E-state index in [9.17, 15) is 9.59 Å². The Morgan fingerprint density at radius 2 is 1.97 bits per heavy atom. The van der Waals surface area contributed by atoms with E-state index >= 15 is 0 Å². The van der Waals surface area contributed by atoms with E-state index < -0.39 is 0 Å². The molecule has 160 valence electrons. The SMILES string of the molecule is CN(CC(=O)N1CCCCC1c1nc(-c2cccc(Cl)c2)no1)C(=O)c1ccccc1. The Labute approximate surface area is 185 Å². The van der Waals surface area contributed by atoms with Gasteiger partial charge in [-0.15, -0.1) is 0 Å². The minimum atomic E-state index is -0.304. The zero-order valence-corrected chi connectivity index (χ0v) is 18.0. The average molecular weight is 439 g/mol. The maximum Gasteiger partial charge on any atom is 0.254 e. The zero-order chi connectivity index (χ0) is 21.8. The first-order valence-corrected chi connectivity index (χ1v) is 10.6. The van der Waals surface area contributed by atoms with E-state index in [4.69, 9.17) is 16.1 Å². The Balaban J connectivity index is 1.48. The van der Waals surface area contributed by atoms with Crippen LogP contribution in [0.15, 0.2) is 59.1 Å². The van der Waals surface area contributed by atoms with Gasteiger partial charge in [-0.1, -0.05) is 47.1 Å². The highest BCUT2D eigenvalue weighted by Gasteiger charge is 2.33. The van der Waals surface area contributed by atoms with Crippen molar-refractivity contribution in [2.24, 2.45) is 0 Å². The van der Waals surface area contributed by atoms with Crippen molar-refractivity contribution in [1.82, 2.24) is 19.9 Å². The van der Waals surface area contributed by atoms with Crippen molar-refractivity contribution in [3.8, 4) is 11.4 Å². The summed E-state index contributed by atoms with van der Waals surface area (Å²) in [6.07, 6.45) is 2.59. The fourth-order valence-corrected chi connectivity index (χ4v) is 3.96. The first-order valence-electron chi connectivity index (χ1n) is 10.2. The highest BCUT2D eigenvalue weighted by molar-refractivity contribution is 6.30. The Morgan fingerprint density at radius 1 is 1.16 bits per heavy atom. The van der Waals surface area contributed by atoms with Gasteiger partial charge in [0.2, 0.25) is 17.6 Å². The number of benzene rings is 2. The topological polar surface area (TPSA) is 79.5 Å². The summed E-state index contributed by atoms with van der Waals surface area (Å²) < 4.78 is 5.52. The minimum Gasteiger partial charge on any atom is -0.337 e.